The first kappa shape index (κ1) is 16.5. The lowest BCUT2D eigenvalue weighted by molar-refractivity contribution is 0.152. The van der Waals surface area contributed by atoms with Crippen molar-refractivity contribution in [2.45, 2.75) is 72.0 Å². The SMILES string of the molecule is CCC1(CC)CN(Cc2c(C)cccc2C)C(C)CCN1. The van der Waals surface area contributed by atoms with E-state index in [2.05, 4.69) is 63.0 Å². The van der Waals surface area contributed by atoms with Gasteiger partial charge in [-0.3, -0.25) is 4.90 Å². The molecule has 1 aromatic carbocycles. The Bertz CT molecular complexity index is 442. The van der Waals surface area contributed by atoms with Crippen LogP contribution >= 0.6 is 0 Å². The number of benzene rings is 1. The van der Waals surface area contributed by atoms with Crippen molar-refractivity contribution in [1.29, 1.82) is 0 Å². The predicted molar refractivity (Wildman–Crippen MR) is 91.7 cm³/mol. The van der Waals surface area contributed by atoms with Crippen LogP contribution in [0.3, 0.4) is 0 Å². The summed E-state index contributed by atoms with van der Waals surface area (Å²) in [4.78, 5) is 2.70. The third kappa shape index (κ3) is 3.67. The molecule has 1 heterocycles. The standard InChI is InChI=1S/C19H32N2/c1-6-19(7-2)14-21(17(5)11-12-20-19)13-18-15(3)9-8-10-16(18)4/h8-10,17,20H,6-7,11-14H2,1-5H3. The molecule has 1 aliphatic rings. The van der Waals surface area contributed by atoms with Gasteiger partial charge in [-0.2, -0.15) is 0 Å². The average molecular weight is 288 g/mol. The van der Waals surface area contributed by atoms with Crippen LogP contribution in [0.15, 0.2) is 18.2 Å². The summed E-state index contributed by atoms with van der Waals surface area (Å²) in [6.45, 7) is 14.9. The van der Waals surface area contributed by atoms with Gasteiger partial charge in [0.05, 0.1) is 0 Å². The lowest BCUT2D eigenvalue weighted by atomic mass is 9.91. The van der Waals surface area contributed by atoms with E-state index in [1.807, 2.05) is 0 Å². The van der Waals surface area contributed by atoms with E-state index in [9.17, 15) is 0 Å². The zero-order chi connectivity index (χ0) is 15.5. The van der Waals surface area contributed by atoms with Crippen molar-refractivity contribution in [3.05, 3.63) is 34.9 Å². The molecule has 1 saturated heterocycles. The van der Waals surface area contributed by atoms with Crippen molar-refractivity contribution >= 4 is 0 Å². The van der Waals surface area contributed by atoms with Gasteiger partial charge in [0.15, 0.2) is 0 Å². The molecule has 1 fully saturated rings. The van der Waals surface area contributed by atoms with Crippen molar-refractivity contribution in [2.24, 2.45) is 0 Å². The first-order chi connectivity index (χ1) is 10.0. The summed E-state index contributed by atoms with van der Waals surface area (Å²) in [5.74, 6) is 0. The van der Waals surface area contributed by atoms with Crippen LogP contribution in [0.2, 0.25) is 0 Å². The molecule has 1 N–H and O–H groups in total. The quantitative estimate of drug-likeness (QED) is 0.899. The Labute approximate surface area is 130 Å². The highest BCUT2D eigenvalue weighted by molar-refractivity contribution is 5.33. The largest absolute Gasteiger partial charge is 0.310 e. The van der Waals surface area contributed by atoms with Crippen molar-refractivity contribution in [2.75, 3.05) is 13.1 Å². The smallest absolute Gasteiger partial charge is 0.0303 e. The number of hydrogen-bond acceptors (Lipinski definition) is 2. The summed E-state index contributed by atoms with van der Waals surface area (Å²) in [7, 11) is 0. The molecular weight excluding hydrogens is 256 g/mol. The number of aryl methyl sites for hydroxylation is 2. The molecule has 21 heavy (non-hydrogen) atoms. The number of nitrogens with one attached hydrogen (secondary N) is 1. The van der Waals surface area contributed by atoms with E-state index in [1.165, 1.54) is 36.0 Å². The fourth-order valence-corrected chi connectivity index (χ4v) is 3.57. The van der Waals surface area contributed by atoms with Crippen LogP contribution in [0, 0.1) is 13.8 Å². The highest BCUT2D eigenvalue weighted by Crippen LogP contribution is 2.25. The molecule has 1 atom stereocenters. The maximum atomic E-state index is 3.83. The molecule has 0 amide bonds. The summed E-state index contributed by atoms with van der Waals surface area (Å²) < 4.78 is 0. The molecule has 0 radical (unpaired) electrons. The van der Waals surface area contributed by atoms with Crippen LogP contribution in [0.25, 0.3) is 0 Å². The minimum absolute atomic E-state index is 0.293. The monoisotopic (exact) mass is 288 g/mol. The third-order valence-corrected chi connectivity index (χ3v) is 5.55. The van der Waals surface area contributed by atoms with E-state index in [0.29, 0.717) is 11.6 Å². The average Bonchev–Trinajstić information content (AvgIpc) is 2.63. The molecule has 2 rings (SSSR count). The highest BCUT2D eigenvalue weighted by Gasteiger charge is 2.33. The molecule has 1 aliphatic heterocycles. The Hall–Kier alpha value is -0.860. The molecule has 0 saturated carbocycles. The van der Waals surface area contributed by atoms with Crippen LogP contribution in [0.4, 0.5) is 0 Å². The molecule has 0 bridgehead atoms. The fourth-order valence-electron chi connectivity index (χ4n) is 3.57. The lowest BCUT2D eigenvalue weighted by Gasteiger charge is -2.37. The molecule has 2 heteroatoms. The van der Waals surface area contributed by atoms with E-state index >= 15 is 0 Å². The predicted octanol–water partition coefficient (Wildman–Crippen LogP) is 4.05. The maximum absolute atomic E-state index is 3.83. The molecular formula is C19H32N2. The summed E-state index contributed by atoms with van der Waals surface area (Å²) >= 11 is 0. The Balaban J connectivity index is 2.23. The molecule has 0 aliphatic carbocycles. The number of rotatable bonds is 4. The second kappa shape index (κ2) is 6.93. The molecule has 2 nitrogen and oxygen atoms in total. The molecule has 1 aromatic rings. The maximum Gasteiger partial charge on any atom is 0.0303 e. The van der Waals surface area contributed by atoms with Crippen molar-refractivity contribution in [1.82, 2.24) is 10.2 Å². The van der Waals surface area contributed by atoms with Crippen LogP contribution < -0.4 is 5.32 Å². The minimum atomic E-state index is 0.293. The second-order valence-electron chi connectivity index (χ2n) is 6.83. The van der Waals surface area contributed by atoms with Crippen LogP contribution in [-0.4, -0.2) is 29.6 Å². The first-order valence-electron chi connectivity index (χ1n) is 8.55. The van der Waals surface area contributed by atoms with Gasteiger partial charge in [-0.25, -0.2) is 0 Å². The number of nitrogens with zero attached hydrogens (tertiary/aromatic N) is 1. The van der Waals surface area contributed by atoms with Gasteiger partial charge in [0.2, 0.25) is 0 Å². The summed E-state index contributed by atoms with van der Waals surface area (Å²) in [5, 5.41) is 3.83. The zero-order valence-electron chi connectivity index (χ0n) is 14.5. The first-order valence-corrected chi connectivity index (χ1v) is 8.55. The zero-order valence-corrected chi connectivity index (χ0v) is 14.5. The Kier molecular flexibility index (Phi) is 5.45. The van der Waals surface area contributed by atoms with Gasteiger partial charge in [-0.05, 0) is 63.3 Å². The Morgan fingerprint density at radius 2 is 1.81 bits per heavy atom. The fraction of sp³-hybridized carbons (Fsp3) is 0.684. The Morgan fingerprint density at radius 1 is 1.19 bits per heavy atom. The summed E-state index contributed by atoms with van der Waals surface area (Å²) in [6.07, 6.45) is 3.66. The molecule has 0 aromatic heterocycles. The van der Waals surface area contributed by atoms with Crippen molar-refractivity contribution < 1.29 is 0 Å². The lowest BCUT2D eigenvalue weighted by Crippen LogP contribution is -2.51. The van der Waals surface area contributed by atoms with E-state index in [1.54, 1.807) is 0 Å². The van der Waals surface area contributed by atoms with E-state index in [4.69, 9.17) is 0 Å². The second-order valence-corrected chi connectivity index (χ2v) is 6.83. The van der Waals surface area contributed by atoms with Gasteiger partial charge in [0.25, 0.3) is 0 Å². The van der Waals surface area contributed by atoms with Gasteiger partial charge >= 0.3 is 0 Å². The summed E-state index contributed by atoms with van der Waals surface area (Å²) in [5.41, 5.74) is 4.67. The molecule has 118 valence electrons. The van der Waals surface area contributed by atoms with Gasteiger partial charge in [0.1, 0.15) is 0 Å². The van der Waals surface area contributed by atoms with Crippen molar-refractivity contribution in [3.8, 4) is 0 Å². The Morgan fingerprint density at radius 3 is 2.38 bits per heavy atom. The summed E-state index contributed by atoms with van der Waals surface area (Å²) in [6, 6.07) is 7.31. The van der Waals surface area contributed by atoms with Crippen LogP contribution in [0.5, 0.6) is 0 Å². The van der Waals surface area contributed by atoms with Gasteiger partial charge in [-0.1, -0.05) is 32.0 Å². The highest BCUT2D eigenvalue weighted by atomic mass is 15.2. The van der Waals surface area contributed by atoms with E-state index in [0.717, 1.165) is 19.6 Å². The number of hydrogen-bond donors (Lipinski definition) is 1. The third-order valence-electron chi connectivity index (χ3n) is 5.55. The topological polar surface area (TPSA) is 15.3 Å². The van der Waals surface area contributed by atoms with Crippen LogP contribution in [0.1, 0.15) is 56.7 Å². The molecule has 0 spiro atoms. The van der Waals surface area contributed by atoms with Gasteiger partial charge in [0, 0.05) is 24.7 Å². The van der Waals surface area contributed by atoms with Gasteiger partial charge in [-0.15, -0.1) is 0 Å². The van der Waals surface area contributed by atoms with Crippen molar-refractivity contribution in [3.63, 3.8) is 0 Å². The van der Waals surface area contributed by atoms with E-state index < -0.39 is 0 Å². The normalized spacial score (nSPS) is 23.0. The van der Waals surface area contributed by atoms with Crippen LogP contribution in [-0.2, 0) is 6.54 Å². The minimum Gasteiger partial charge on any atom is -0.310 e. The van der Waals surface area contributed by atoms with Gasteiger partial charge < -0.3 is 5.32 Å². The van der Waals surface area contributed by atoms with E-state index in [-0.39, 0.29) is 0 Å². The molecule has 1 unspecified atom stereocenters.